The molecule has 0 radical (unpaired) electrons. The Kier molecular flexibility index (Phi) is 16.1. The summed E-state index contributed by atoms with van der Waals surface area (Å²) in [6.07, 6.45) is 22.0. The molecule has 1 N–H and O–H groups in total. The minimum absolute atomic E-state index is 0.961. The van der Waals surface area contributed by atoms with Gasteiger partial charge in [0.25, 0.3) is 0 Å². The Balaban J connectivity index is 0.000000263. The number of nitrogens with zero attached hydrogens (tertiary/aromatic N) is 3. The van der Waals surface area contributed by atoms with E-state index in [1.807, 2.05) is 69.3 Å². The Bertz CT molecular complexity index is 2970. The van der Waals surface area contributed by atoms with Crippen molar-refractivity contribution in [2.24, 2.45) is 0 Å². The van der Waals surface area contributed by atoms with E-state index in [0.29, 0.717) is 0 Å². The van der Waals surface area contributed by atoms with Crippen molar-refractivity contribution in [3.8, 4) is 16.8 Å². The first-order valence-corrected chi connectivity index (χ1v) is 23.1. The van der Waals surface area contributed by atoms with Gasteiger partial charge in [0.15, 0.2) is 0 Å². The lowest BCUT2D eigenvalue weighted by atomic mass is 10.0. The number of rotatable bonds is 14. The third kappa shape index (κ3) is 10.8. The quantitative estimate of drug-likeness (QED) is 0.0870. The lowest BCUT2D eigenvalue weighted by molar-refractivity contribution is 0.970. The van der Waals surface area contributed by atoms with Crippen LogP contribution < -0.4 is 15.1 Å². The third-order valence-corrected chi connectivity index (χ3v) is 11.4. The summed E-state index contributed by atoms with van der Waals surface area (Å²) >= 11 is 0. The largest absolute Gasteiger partial charge is 0.356 e. The zero-order valence-corrected chi connectivity index (χ0v) is 39.4. The molecule has 4 nitrogen and oxygen atoms in total. The smallest absolute Gasteiger partial charge is 0.0943 e. The summed E-state index contributed by atoms with van der Waals surface area (Å²) in [6.45, 7) is 16.1. The van der Waals surface area contributed by atoms with Gasteiger partial charge in [0.05, 0.1) is 17.1 Å². The lowest BCUT2D eigenvalue weighted by Crippen LogP contribution is -2.17. The minimum atomic E-state index is 0.961. The van der Waals surface area contributed by atoms with Gasteiger partial charge in [-0.05, 0) is 115 Å². The summed E-state index contributed by atoms with van der Waals surface area (Å²) < 4.78 is 2.32. The van der Waals surface area contributed by atoms with Gasteiger partial charge in [-0.2, -0.15) is 0 Å². The molecule has 0 atom stereocenters. The molecule has 0 aliphatic heterocycles. The van der Waals surface area contributed by atoms with Gasteiger partial charge in [0.2, 0.25) is 0 Å². The van der Waals surface area contributed by atoms with E-state index < -0.39 is 0 Å². The average Bonchev–Trinajstić information content (AvgIpc) is 4.12. The van der Waals surface area contributed by atoms with E-state index in [-0.39, 0.29) is 0 Å². The van der Waals surface area contributed by atoms with E-state index in [0.717, 1.165) is 68.5 Å². The predicted octanol–water partition coefficient (Wildman–Crippen LogP) is 17.1. The molecular formula is C63H60N4. The molecule has 0 saturated carbocycles. The van der Waals surface area contributed by atoms with E-state index in [4.69, 9.17) is 0 Å². The molecule has 67 heavy (non-hydrogen) atoms. The van der Waals surface area contributed by atoms with Gasteiger partial charge in [-0.3, -0.25) is 0 Å². The number of anilines is 5. The molecule has 0 spiro atoms. The van der Waals surface area contributed by atoms with Crippen LogP contribution in [0.4, 0.5) is 28.4 Å². The van der Waals surface area contributed by atoms with Crippen LogP contribution in [0.5, 0.6) is 0 Å². The predicted molar refractivity (Wildman–Crippen MR) is 291 cm³/mol. The summed E-state index contributed by atoms with van der Waals surface area (Å²) in [5.41, 5.74) is 21.9. The summed E-state index contributed by atoms with van der Waals surface area (Å²) in [4.78, 5) is 4.46. The first kappa shape index (κ1) is 46.7. The second kappa shape index (κ2) is 23.1. The maximum atomic E-state index is 3.99. The topological polar surface area (TPSA) is 23.4 Å². The second-order valence-electron chi connectivity index (χ2n) is 15.6. The van der Waals surface area contributed by atoms with Gasteiger partial charge in [0, 0.05) is 70.0 Å². The van der Waals surface area contributed by atoms with Crippen LogP contribution in [-0.2, 0) is 6.42 Å². The molecule has 0 saturated heterocycles. The zero-order chi connectivity index (χ0) is 47.0. The lowest BCUT2D eigenvalue weighted by Gasteiger charge is -2.24. The Morgan fingerprint density at radius 3 is 1.79 bits per heavy atom. The number of nitrogens with one attached hydrogen (secondary N) is 1. The molecule has 2 aliphatic rings. The summed E-state index contributed by atoms with van der Waals surface area (Å²) in [6, 6.07) is 58.9. The molecule has 9 rings (SSSR count). The van der Waals surface area contributed by atoms with Crippen LogP contribution in [0.1, 0.15) is 50.2 Å². The first-order valence-electron chi connectivity index (χ1n) is 23.1. The van der Waals surface area contributed by atoms with Crippen LogP contribution in [0, 0.1) is 0 Å². The molecule has 1 aromatic heterocycles. The van der Waals surface area contributed by atoms with Crippen molar-refractivity contribution in [3.05, 3.63) is 276 Å². The van der Waals surface area contributed by atoms with E-state index in [2.05, 4.69) is 235 Å². The van der Waals surface area contributed by atoms with E-state index >= 15 is 0 Å². The zero-order valence-electron chi connectivity index (χ0n) is 39.4. The molecular weight excluding hydrogens is 813 g/mol. The SMILES string of the molecule is C=C/C=C(\C=C/C)C1=CC(N(c2ccccc2)c2ccc(-c3ccc(Nc4ccccc4)cc3)cc2)=C=C1N(C)c1ccccc1.C=Cc1c(/C=C\C)c2c(n1-c1ccccc1)CC=C2.CC. The molecule has 4 heteroatoms. The van der Waals surface area contributed by atoms with Crippen LogP contribution in [-0.4, -0.2) is 11.6 Å². The Morgan fingerprint density at radius 2 is 1.21 bits per heavy atom. The second-order valence-corrected chi connectivity index (χ2v) is 15.6. The molecule has 0 amide bonds. The Hall–Kier alpha value is -8.30. The molecule has 2 aliphatic carbocycles. The first-order chi connectivity index (χ1) is 33.0. The van der Waals surface area contributed by atoms with Crippen molar-refractivity contribution >= 4 is 46.7 Å². The fourth-order valence-corrected chi connectivity index (χ4v) is 8.37. The molecule has 6 aromatic carbocycles. The summed E-state index contributed by atoms with van der Waals surface area (Å²) in [7, 11) is 2.10. The number of benzene rings is 6. The van der Waals surface area contributed by atoms with Crippen LogP contribution in [0.3, 0.4) is 0 Å². The van der Waals surface area contributed by atoms with E-state index in [1.165, 1.54) is 28.2 Å². The Morgan fingerprint density at radius 1 is 0.657 bits per heavy atom. The van der Waals surface area contributed by atoms with Gasteiger partial charge >= 0.3 is 0 Å². The fourth-order valence-electron chi connectivity index (χ4n) is 8.37. The van der Waals surface area contributed by atoms with E-state index in [1.54, 1.807) is 0 Å². The molecule has 332 valence electrons. The van der Waals surface area contributed by atoms with Crippen molar-refractivity contribution in [1.82, 2.24) is 4.57 Å². The number of allylic oxidation sites excluding steroid dienone is 7. The summed E-state index contributed by atoms with van der Waals surface area (Å²) in [5, 5.41) is 3.46. The van der Waals surface area contributed by atoms with Crippen LogP contribution in [0.25, 0.3) is 35.0 Å². The minimum Gasteiger partial charge on any atom is -0.356 e. The maximum absolute atomic E-state index is 3.99. The monoisotopic (exact) mass is 872 g/mol. The van der Waals surface area contributed by atoms with Gasteiger partial charge in [-0.25, -0.2) is 0 Å². The number of para-hydroxylation sites is 4. The molecule has 1 heterocycles. The highest BCUT2D eigenvalue weighted by Gasteiger charge is 2.25. The number of fused-ring (bicyclic) bond motifs is 1. The molecule has 0 unspecified atom stereocenters. The average molecular weight is 873 g/mol. The standard InChI is InChI=1S/C43H37N3.C18H17N.C2H6/c1-4-15-35(16-5-2)42-31-41(32-43(42)45(3)38-19-11-7-12-20-38)46(39-21-13-8-14-22-39)40-29-25-34(26-30-40)33-23-27-37(28-24-33)44-36-17-9-6-10-18-36;1-3-9-15-16-12-8-13-18(16)19(17(15)4-2)14-10-6-5-7-11-14;1-2/h4-31,44H,1H2,2-3H3;3-12H,2,13H2,1H3;1-2H3/b16-5-,35-15+;9-3-;. The van der Waals surface area contributed by atoms with Gasteiger partial charge in [0.1, 0.15) is 0 Å². The Labute approximate surface area is 398 Å². The number of hydrogen-bond acceptors (Lipinski definition) is 3. The normalized spacial score (nSPS) is 12.6. The van der Waals surface area contributed by atoms with Crippen molar-refractivity contribution in [3.63, 3.8) is 0 Å². The number of likely N-dealkylation sites (N-methyl/N-ethyl adjacent to an activating group) is 1. The highest BCUT2D eigenvalue weighted by molar-refractivity contribution is 5.80. The van der Waals surface area contributed by atoms with Gasteiger partial charge in [-0.1, -0.05) is 178 Å². The van der Waals surface area contributed by atoms with Crippen LogP contribution >= 0.6 is 0 Å². The van der Waals surface area contributed by atoms with Crippen molar-refractivity contribution < 1.29 is 0 Å². The summed E-state index contributed by atoms with van der Waals surface area (Å²) in [5.74, 6) is 0. The highest BCUT2D eigenvalue weighted by Crippen LogP contribution is 2.39. The third-order valence-electron chi connectivity index (χ3n) is 11.4. The molecule has 0 fully saturated rings. The van der Waals surface area contributed by atoms with Crippen molar-refractivity contribution in [2.45, 2.75) is 34.1 Å². The molecule has 7 aromatic rings. The van der Waals surface area contributed by atoms with Crippen molar-refractivity contribution in [1.29, 1.82) is 0 Å². The van der Waals surface area contributed by atoms with Crippen LogP contribution in [0.2, 0.25) is 0 Å². The van der Waals surface area contributed by atoms with Crippen LogP contribution in [0.15, 0.2) is 254 Å². The van der Waals surface area contributed by atoms with E-state index in [9.17, 15) is 0 Å². The van der Waals surface area contributed by atoms with Crippen molar-refractivity contribution in [2.75, 3.05) is 22.2 Å². The number of hydrogen-bond donors (Lipinski definition) is 1. The molecule has 0 bridgehead atoms. The fraction of sp³-hybridized carbons (Fsp3) is 0.0952. The van der Waals surface area contributed by atoms with Gasteiger partial charge in [-0.15, -0.1) is 0 Å². The highest BCUT2D eigenvalue weighted by atomic mass is 15.2. The van der Waals surface area contributed by atoms with Gasteiger partial charge < -0.3 is 19.7 Å². The number of aromatic nitrogens is 1. The maximum Gasteiger partial charge on any atom is 0.0943 e.